The molecule has 0 heterocycles. The molecule has 0 aliphatic heterocycles. The van der Waals surface area contributed by atoms with Gasteiger partial charge in [-0.1, -0.05) is 107 Å². The molecule has 0 spiro atoms. The van der Waals surface area contributed by atoms with Crippen molar-refractivity contribution in [2.24, 2.45) is 0 Å². The van der Waals surface area contributed by atoms with Crippen molar-refractivity contribution in [1.82, 2.24) is 0 Å². The number of hydrogen-bond donors (Lipinski definition) is 0. The minimum Gasteiger partial charge on any atom is -0.314 e. The molecule has 6 aromatic rings. The van der Waals surface area contributed by atoms with E-state index < -0.39 is 0 Å². The maximum absolute atomic E-state index is 2.50. The van der Waals surface area contributed by atoms with Crippen molar-refractivity contribution < 1.29 is 0 Å². The van der Waals surface area contributed by atoms with E-state index in [0.29, 0.717) is 0 Å². The summed E-state index contributed by atoms with van der Waals surface area (Å²) in [6, 6.07) is 47.0. The SMILES string of the molecule is Cc1cc(N(C2=CC=CCC2)c2ccccc2)cc2c1-c1ccc3c(c1C2(C)C)C(C)(C)c1cc(N(c2ccccc2)c2ccccc2)cc(C)c1-3. The van der Waals surface area contributed by atoms with Crippen LogP contribution in [-0.4, -0.2) is 0 Å². The Morgan fingerprint density at radius 2 is 0.904 bits per heavy atom. The lowest BCUT2D eigenvalue weighted by Crippen LogP contribution is -2.25. The zero-order valence-corrected chi connectivity index (χ0v) is 31.2. The second-order valence-corrected chi connectivity index (χ2v) is 15.8. The van der Waals surface area contributed by atoms with Crippen LogP contribution in [0.3, 0.4) is 0 Å². The Morgan fingerprint density at radius 3 is 1.33 bits per heavy atom. The molecule has 0 radical (unpaired) electrons. The van der Waals surface area contributed by atoms with Crippen LogP contribution in [0.15, 0.2) is 151 Å². The van der Waals surface area contributed by atoms with E-state index >= 15 is 0 Å². The first-order chi connectivity index (χ1) is 25.2. The monoisotopic (exact) mass is 674 g/mol. The molecule has 0 bridgehead atoms. The van der Waals surface area contributed by atoms with Crippen LogP contribution in [0.25, 0.3) is 22.3 Å². The molecule has 0 unspecified atom stereocenters. The second-order valence-electron chi connectivity index (χ2n) is 15.8. The lowest BCUT2D eigenvalue weighted by atomic mass is 9.72. The Morgan fingerprint density at radius 1 is 0.481 bits per heavy atom. The largest absolute Gasteiger partial charge is 0.314 e. The molecule has 2 heteroatoms. The van der Waals surface area contributed by atoms with Gasteiger partial charge in [-0.2, -0.15) is 0 Å². The molecule has 0 fully saturated rings. The molecule has 0 amide bonds. The van der Waals surface area contributed by atoms with Gasteiger partial charge in [0, 0.05) is 45.0 Å². The Balaban J connectivity index is 1.20. The first-order valence-corrected chi connectivity index (χ1v) is 18.8. The fourth-order valence-electron chi connectivity index (χ4n) is 9.52. The first-order valence-electron chi connectivity index (χ1n) is 18.8. The van der Waals surface area contributed by atoms with Crippen LogP contribution < -0.4 is 9.80 Å². The summed E-state index contributed by atoms with van der Waals surface area (Å²) in [5.41, 5.74) is 20.9. The van der Waals surface area contributed by atoms with Gasteiger partial charge < -0.3 is 9.80 Å². The van der Waals surface area contributed by atoms with E-state index in [2.05, 4.69) is 197 Å². The first kappa shape index (κ1) is 32.3. The van der Waals surface area contributed by atoms with Gasteiger partial charge in [0.25, 0.3) is 0 Å². The van der Waals surface area contributed by atoms with E-state index in [9.17, 15) is 0 Å². The Labute approximate surface area is 309 Å². The van der Waals surface area contributed by atoms with Crippen molar-refractivity contribution in [3.05, 3.63) is 185 Å². The van der Waals surface area contributed by atoms with E-state index in [-0.39, 0.29) is 10.8 Å². The number of allylic oxidation sites excluding steroid dienone is 4. The Kier molecular flexibility index (Phi) is 7.45. The van der Waals surface area contributed by atoms with Gasteiger partial charge in [0.1, 0.15) is 0 Å². The van der Waals surface area contributed by atoms with E-state index in [1.807, 2.05) is 0 Å². The predicted octanol–water partition coefficient (Wildman–Crippen LogP) is 13.8. The van der Waals surface area contributed by atoms with Crippen LogP contribution in [0.2, 0.25) is 0 Å². The lowest BCUT2D eigenvalue weighted by molar-refractivity contribution is 0.601. The van der Waals surface area contributed by atoms with Gasteiger partial charge in [-0.05, 0) is 149 Å². The van der Waals surface area contributed by atoms with Crippen LogP contribution in [0.1, 0.15) is 73.9 Å². The lowest BCUT2D eigenvalue weighted by Gasteiger charge is -2.33. The van der Waals surface area contributed by atoms with Gasteiger partial charge in [0.15, 0.2) is 0 Å². The topological polar surface area (TPSA) is 6.48 Å². The number of hydrogen-bond acceptors (Lipinski definition) is 2. The summed E-state index contributed by atoms with van der Waals surface area (Å²) in [6.45, 7) is 14.4. The average Bonchev–Trinajstić information content (AvgIpc) is 3.53. The normalized spacial score (nSPS) is 15.7. The molecule has 0 aromatic heterocycles. The third kappa shape index (κ3) is 4.84. The minimum absolute atomic E-state index is 0.184. The second kappa shape index (κ2) is 12.0. The maximum atomic E-state index is 2.50. The molecule has 3 aliphatic carbocycles. The highest BCUT2D eigenvalue weighted by molar-refractivity contribution is 5.95. The number of rotatable bonds is 6. The number of fused-ring (bicyclic) bond motifs is 7. The zero-order chi connectivity index (χ0) is 35.8. The highest BCUT2D eigenvalue weighted by atomic mass is 15.2. The Hall–Kier alpha value is -5.60. The van der Waals surface area contributed by atoms with E-state index in [0.717, 1.165) is 24.2 Å². The number of para-hydroxylation sites is 3. The fraction of sp³-hybridized carbons (Fsp3) is 0.200. The minimum atomic E-state index is -0.193. The van der Waals surface area contributed by atoms with Crippen molar-refractivity contribution in [3.63, 3.8) is 0 Å². The van der Waals surface area contributed by atoms with Crippen LogP contribution in [-0.2, 0) is 10.8 Å². The van der Waals surface area contributed by atoms with E-state index in [1.165, 1.54) is 78.4 Å². The van der Waals surface area contributed by atoms with Crippen molar-refractivity contribution in [3.8, 4) is 22.3 Å². The molecule has 0 N–H and O–H groups in total. The quantitative estimate of drug-likeness (QED) is 0.173. The Bertz CT molecular complexity index is 2370. The summed E-state index contributed by atoms with van der Waals surface area (Å²) in [5, 5.41) is 0. The van der Waals surface area contributed by atoms with Crippen molar-refractivity contribution >= 4 is 28.4 Å². The number of nitrogens with zero attached hydrogens (tertiary/aromatic N) is 2. The van der Waals surface area contributed by atoms with Crippen LogP contribution in [0.5, 0.6) is 0 Å². The summed E-state index contributed by atoms with van der Waals surface area (Å²) < 4.78 is 0. The smallest absolute Gasteiger partial charge is 0.0467 e. The molecule has 2 nitrogen and oxygen atoms in total. The highest BCUT2D eigenvalue weighted by Crippen LogP contribution is 2.61. The summed E-state index contributed by atoms with van der Waals surface area (Å²) in [4.78, 5) is 4.88. The third-order valence-electron chi connectivity index (χ3n) is 11.8. The predicted molar refractivity (Wildman–Crippen MR) is 221 cm³/mol. The zero-order valence-electron chi connectivity index (χ0n) is 31.2. The molecular formula is C50H46N2. The van der Waals surface area contributed by atoms with Gasteiger partial charge in [-0.3, -0.25) is 0 Å². The molecule has 52 heavy (non-hydrogen) atoms. The van der Waals surface area contributed by atoms with Gasteiger partial charge in [-0.15, -0.1) is 0 Å². The van der Waals surface area contributed by atoms with Crippen molar-refractivity contribution in [1.29, 1.82) is 0 Å². The van der Waals surface area contributed by atoms with Gasteiger partial charge >= 0.3 is 0 Å². The van der Waals surface area contributed by atoms with Gasteiger partial charge in [0.05, 0.1) is 0 Å². The summed E-state index contributed by atoms with van der Waals surface area (Å²) in [5.74, 6) is 0. The van der Waals surface area contributed by atoms with Crippen LogP contribution >= 0.6 is 0 Å². The maximum Gasteiger partial charge on any atom is 0.0467 e. The average molecular weight is 675 g/mol. The molecule has 3 aliphatic rings. The molecule has 256 valence electrons. The van der Waals surface area contributed by atoms with Gasteiger partial charge in [0.2, 0.25) is 0 Å². The molecular weight excluding hydrogens is 629 g/mol. The summed E-state index contributed by atoms with van der Waals surface area (Å²) >= 11 is 0. The summed E-state index contributed by atoms with van der Waals surface area (Å²) in [6.07, 6.45) is 8.86. The summed E-state index contributed by atoms with van der Waals surface area (Å²) in [7, 11) is 0. The molecule has 0 saturated carbocycles. The van der Waals surface area contributed by atoms with E-state index in [1.54, 1.807) is 0 Å². The van der Waals surface area contributed by atoms with Crippen molar-refractivity contribution in [2.75, 3.05) is 9.80 Å². The number of aryl methyl sites for hydroxylation is 2. The van der Waals surface area contributed by atoms with Crippen LogP contribution in [0.4, 0.5) is 28.4 Å². The molecule has 6 aromatic carbocycles. The molecule has 9 rings (SSSR count). The standard InChI is InChI=1S/C50H46N2/c1-33-29-39(51(35-19-11-7-12-20-35)36-21-13-8-14-22-36)31-43-45(33)41-27-28-42-46-34(2)30-40(32-44(46)50(5,6)48(42)47(41)49(43,3)4)52(37-23-15-9-16-24-37)38-25-17-10-18-26-38/h7-17,19-25,27-32H,18,26H2,1-6H3. The molecule has 0 saturated heterocycles. The van der Waals surface area contributed by atoms with E-state index in [4.69, 9.17) is 0 Å². The third-order valence-corrected chi connectivity index (χ3v) is 11.8. The molecule has 0 atom stereocenters. The highest BCUT2D eigenvalue weighted by Gasteiger charge is 2.47. The van der Waals surface area contributed by atoms with Crippen molar-refractivity contribution in [2.45, 2.75) is 65.2 Å². The fourth-order valence-corrected chi connectivity index (χ4v) is 9.52. The number of benzene rings is 6. The van der Waals surface area contributed by atoms with Gasteiger partial charge in [-0.25, -0.2) is 0 Å². The van der Waals surface area contributed by atoms with Crippen LogP contribution in [0, 0.1) is 13.8 Å². The number of anilines is 5.